The number of rotatable bonds is 3. The zero-order valence-corrected chi connectivity index (χ0v) is 9.90. The van der Waals surface area contributed by atoms with E-state index in [0.717, 1.165) is 5.52 Å². The van der Waals surface area contributed by atoms with E-state index in [0.29, 0.717) is 11.1 Å². The lowest BCUT2D eigenvalue weighted by atomic mass is 10.2. The van der Waals surface area contributed by atoms with E-state index in [1.54, 1.807) is 18.3 Å². The Morgan fingerprint density at radius 1 is 1.22 bits per heavy atom. The summed E-state index contributed by atoms with van der Waals surface area (Å²) >= 11 is 0. The number of nitrogens with zero attached hydrogens (tertiary/aromatic N) is 2. The van der Waals surface area contributed by atoms with Gasteiger partial charge in [0.05, 0.1) is 29.9 Å². The molecule has 3 aromatic rings. The van der Waals surface area contributed by atoms with Crippen molar-refractivity contribution < 1.29 is 8.42 Å². The van der Waals surface area contributed by atoms with E-state index < -0.39 is 10.0 Å². The molecule has 0 unspecified atom stereocenters. The zero-order chi connectivity index (χ0) is 12.6. The number of sulfonamides is 1. The molecule has 0 saturated carbocycles. The van der Waals surface area contributed by atoms with Crippen LogP contribution in [0.3, 0.4) is 0 Å². The molecule has 8 heteroatoms. The van der Waals surface area contributed by atoms with Gasteiger partial charge in [-0.05, 0) is 12.1 Å². The monoisotopic (exact) mass is 263 g/mol. The molecule has 3 N–H and O–H groups in total. The van der Waals surface area contributed by atoms with Gasteiger partial charge in [0.25, 0.3) is 10.0 Å². The Bertz CT molecular complexity index is 776. The van der Waals surface area contributed by atoms with Crippen molar-refractivity contribution in [2.75, 3.05) is 4.72 Å². The van der Waals surface area contributed by atoms with E-state index in [4.69, 9.17) is 0 Å². The second kappa shape index (κ2) is 3.84. The van der Waals surface area contributed by atoms with Crippen LogP contribution in [-0.2, 0) is 10.0 Å². The highest BCUT2D eigenvalue weighted by Gasteiger charge is 2.16. The number of aromatic nitrogens is 4. The van der Waals surface area contributed by atoms with Gasteiger partial charge in [-0.2, -0.15) is 13.5 Å². The van der Waals surface area contributed by atoms with Crippen molar-refractivity contribution in [2.24, 2.45) is 0 Å². The number of nitrogens with one attached hydrogen (secondary N) is 3. The molecule has 0 bridgehead atoms. The largest absolute Gasteiger partial charge is 0.334 e. The van der Waals surface area contributed by atoms with Crippen molar-refractivity contribution in [1.82, 2.24) is 20.2 Å². The molecule has 0 aliphatic carbocycles. The lowest BCUT2D eigenvalue weighted by Crippen LogP contribution is -2.13. The van der Waals surface area contributed by atoms with Crippen LogP contribution in [0.2, 0.25) is 0 Å². The fourth-order valence-corrected chi connectivity index (χ4v) is 2.63. The smallest absolute Gasteiger partial charge is 0.278 e. The van der Waals surface area contributed by atoms with Gasteiger partial charge in [-0.3, -0.25) is 9.82 Å². The molecule has 2 aromatic heterocycles. The molecule has 0 spiro atoms. The van der Waals surface area contributed by atoms with Crippen LogP contribution in [0.5, 0.6) is 0 Å². The Balaban J connectivity index is 2.05. The van der Waals surface area contributed by atoms with Crippen LogP contribution in [0.4, 0.5) is 5.69 Å². The maximum atomic E-state index is 12.0. The molecule has 0 atom stereocenters. The molecular formula is C10H9N5O2S. The van der Waals surface area contributed by atoms with Crippen molar-refractivity contribution >= 4 is 26.6 Å². The number of hydrogen-bond acceptors (Lipinski definition) is 4. The second-order valence-corrected chi connectivity index (χ2v) is 5.31. The number of imidazole rings is 1. The lowest BCUT2D eigenvalue weighted by Gasteiger charge is -2.06. The number of benzene rings is 1. The SMILES string of the molecule is O=S(=O)(Nc1cccc2[nH]ncc12)c1cnc[nH]1. The van der Waals surface area contributed by atoms with Crippen LogP contribution in [0.15, 0.2) is 41.9 Å². The van der Waals surface area contributed by atoms with Crippen LogP contribution < -0.4 is 4.72 Å². The lowest BCUT2D eigenvalue weighted by molar-refractivity contribution is 0.598. The third-order valence-corrected chi connectivity index (χ3v) is 3.78. The average molecular weight is 263 g/mol. The first-order valence-electron chi connectivity index (χ1n) is 5.10. The standard InChI is InChI=1S/C10H9N5O2S/c16-18(17,10-5-11-6-12-10)15-9-3-1-2-8-7(9)4-13-14-8/h1-6,15H,(H,11,12)(H,13,14). The van der Waals surface area contributed by atoms with Crippen molar-refractivity contribution in [1.29, 1.82) is 0 Å². The second-order valence-electron chi connectivity index (χ2n) is 3.66. The number of anilines is 1. The number of H-pyrrole nitrogens is 2. The summed E-state index contributed by atoms with van der Waals surface area (Å²) in [6.07, 6.45) is 4.13. The molecule has 0 fully saturated rings. The molecule has 7 nitrogen and oxygen atoms in total. The highest BCUT2D eigenvalue weighted by Crippen LogP contribution is 2.23. The van der Waals surface area contributed by atoms with Crippen molar-refractivity contribution in [3.8, 4) is 0 Å². The van der Waals surface area contributed by atoms with Gasteiger partial charge in [-0.25, -0.2) is 4.98 Å². The van der Waals surface area contributed by atoms with Crippen molar-refractivity contribution in [2.45, 2.75) is 5.03 Å². The summed E-state index contributed by atoms with van der Waals surface area (Å²) in [5.74, 6) is 0. The normalized spacial score (nSPS) is 11.8. The molecule has 0 radical (unpaired) electrons. The summed E-state index contributed by atoms with van der Waals surface area (Å²) < 4.78 is 26.5. The fraction of sp³-hybridized carbons (Fsp3) is 0. The number of aromatic amines is 2. The highest BCUT2D eigenvalue weighted by molar-refractivity contribution is 7.92. The Labute approximate surface area is 102 Å². The summed E-state index contributed by atoms with van der Waals surface area (Å²) in [5, 5.41) is 7.38. The average Bonchev–Trinajstić information content (AvgIpc) is 3.00. The van der Waals surface area contributed by atoms with E-state index in [-0.39, 0.29) is 5.03 Å². The quantitative estimate of drug-likeness (QED) is 0.658. The molecule has 18 heavy (non-hydrogen) atoms. The first kappa shape index (κ1) is 10.8. The van der Waals surface area contributed by atoms with Crippen LogP contribution in [-0.4, -0.2) is 28.6 Å². The summed E-state index contributed by atoms with van der Waals surface area (Å²) in [7, 11) is -3.65. The van der Waals surface area contributed by atoms with E-state index in [1.165, 1.54) is 12.5 Å². The third kappa shape index (κ3) is 1.72. The minimum Gasteiger partial charge on any atom is -0.334 e. The maximum Gasteiger partial charge on any atom is 0.278 e. The Morgan fingerprint density at radius 2 is 2.11 bits per heavy atom. The fourth-order valence-electron chi connectivity index (χ4n) is 1.65. The topological polar surface area (TPSA) is 104 Å². The van der Waals surface area contributed by atoms with Gasteiger partial charge in [0, 0.05) is 5.39 Å². The van der Waals surface area contributed by atoms with E-state index in [9.17, 15) is 8.42 Å². The van der Waals surface area contributed by atoms with Gasteiger partial charge >= 0.3 is 0 Å². The minimum atomic E-state index is -3.65. The van der Waals surface area contributed by atoms with Crippen LogP contribution >= 0.6 is 0 Å². The summed E-state index contributed by atoms with van der Waals surface area (Å²) in [6.45, 7) is 0. The molecular weight excluding hydrogens is 254 g/mol. The van der Waals surface area contributed by atoms with E-state index in [1.807, 2.05) is 6.07 Å². The molecule has 2 heterocycles. The highest BCUT2D eigenvalue weighted by atomic mass is 32.2. The van der Waals surface area contributed by atoms with Gasteiger partial charge in [0.15, 0.2) is 5.03 Å². The van der Waals surface area contributed by atoms with Gasteiger partial charge in [0.1, 0.15) is 0 Å². The van der Waals surface area contributed by atoms with Crippen molar-refractivity contribution in [3.63, 3.8) is 0 Å². The molecule has 92 valence electrons. The maximum absolute atomic E-state index is 12.0. The van der Waals surface area contributed by atoms with E-state index in [2.05, 4.69) is 24.9 Å². The van der Waals surface area contributed by atoms with Crippen LogP contribution in [0.1, 0.15) is 0 Å². The van der Waals surface area contributed by atoms with Gasteiger partial charge in [-0.1, -0.05) is 6.07 Å². The molecule has 0 saturated heterocycles. The van der Waals surface area contributed by atoms with Gasteiger partial charge in [-0.15, -0.1) is 0 Å². The predicted octanol–water partition coefficient (Wildman–Crippen LogP) is 1.09. The molecule has 0 amide bonds. The molecule has 1 aromatic carbocycles. The van der Waals surface area contributed by atoms with E-state index >= 15 is 0 Å². The predicted molar refractivity (Wildman–Crippen MR) is 65.5 cm³/mol. The van der Waals surface area contributed by atoms with Gasteiger partial charge in [0.2, 0.25) is 0 Å². The first-order valence-corrected chi connectivity index (χ1v) is 6.58. The zero-order valence-electron chi connectivity index (χ0n) is 9.08. The summed E-state index contributed by atoms with van der Waals surface area (Å²) in [4.78, 5) is 6.24. The minimum absolute atomic E-state index is 0.0167. The Kier molecular flexibility index (Phi) is 2.30. The first-order chi connectivity index (χ1) is 8.67. The van der Waals surface area contributed by atoms with Crippen LogP contribution in [0.25, 0.3) is 10.9 Å². The molecule has 3 rings (SSSR count). The Hall–Kier alpha value is -2.35. The molecule has 0 aliphatic rings. The summed E-state index contributed by atoms with van der Waals surface area (Å²) in [6, 6.07) is 5.23. The number of hydrogen-bond donors (Lipinski definition) is 3. The third-order valence-electron chi connectivity index (χ3n) is 2.49. The van der Waals surface area contributed by atoms with Crippen molar-refractivity contribution in [3.05, 3.63) is 36.9 Å². The summed E-state index contributed by atoms with van der Waals surface area (Å²) in [5.41, 5.74) is 1.23. The van der Waals surface area contributed by atoms with Crippen LogP contribution in [0, 0.1) is 0 Å². The number of fused-ring (bicyclic) bond motifs is 1. The molecule has 0 aliphatic heterocycles. The van der Waals surface area contributed by atoms with Gasteiger partial charge < -0.3 is 4.98 Å². The Morgan fingerprint density at radius 3 is 2.89 bits per heavy atom.